The Kier molecular flexibility index (Phi) is 6.90. The van der Waals surface area contributed by atoms with Crippen molar-refractivity contribution in [1.82, 2.24) is 4.90 Å². The first-order chi connectivity index (χ1) is 18.2. The summed E-state index contributed by atoms with van der Waals surface area (Å²) in [5.41, 5.74) is 5.11. The van der Waals surface area contributed by atoms with E-state index in [1.165, 1.54) is 13.2 Å². The number of nitro groups is 1. The van der Waals surface area contributed by atoms with E-state index < -0.39 is 4.92 Å². The van der Waals surface area contributed by atoms with Crippen LogP contribution in [0.25, 0.3) is 5.57 Å². The summed E-state index contributed by atoms with van der Waals surface area (Å²) in [6.45, 7) is 5.07. The van der Waals surface area contributed by atoms with Crippen LogP contribution in [0.1, 0.15) is 37.8 Å². The van der Waals surface area contributed by atoms with Gasteiger partial charge in [-0.25, -0.2) is 0 Å². The Morgan fingerprint density at radius 1 is 1.11 bits per heavy atom. The second-order valence-corrected chi connectivity index (χ2v) is 9.90. The molecule has 5 rings (SSSR count). The molecule has 2 N–H and O–H groups in total. The van der Waals surface area contributed by atoms with Gasteiger partial charge in [0.05, 0.1) is 42.0 Å². The maximum absolute atomic E-state index is 13.0. The Hall–Kier alpha value is -4.18. The molecule has 198 valence electrons. The average Bonchev–Trinajstić information content (AvgIpc) is 3.02. The number of benzene rings is 2. The van der Waals surface area contributed by atoms with Gasteiger partial charge in [-0.2, -0.15) is 0 Å². The van der Waals surface area contributed by atoms with Gasteiger partial charge in [-0.15, -0.1) is 0 Å². The number of nitrogens with zero attached hydrogens (tertiary/aromatic N) is 2. The monoisotopic (exact) mass is 518 g/mol. The van der Waals surface area contributed by atoms with E-state index >= 15 is 0 Å². The van der Waals surface area contributed by atoms with Crippen molar-refractivity contribution in [3.63, 3.8) is 0 Å². The van der Waals surface area contributed by atoms with Crippen molar-refractivity contribution < 1.29 is 24.0 Å². The molecule has 1 aliphatic carbocycles. The first kappa shape index (κ1) is 25.5. The lowest BCUT2D eigenvalue weighted by molar-refractivity contribution is -0.385. The van der Waals surface area contributed by atoms with E-state index in [1.54, 1.807) is 12.1 Å². The van der Waals surface area contributed by atoms with Crippen LogP contribution in [-0.2, 0) is 20.7 Å². The standard InChI is InChI=1S/C28H30N4O6/c1-16-14-31(15-17(2)38-16)27(33)11-18-4-8-22-24(10-18)29-23-12-19(5-7-21(23)28(34)30-22)20-6-9-25(32(35)36)26(13-20)37-3/h4,6,8-10,12-13,16-17,29H,5,7,11,14-15H2,1-3H3,(H,30,34). The van der Waals surface area contributed by atoms with Gasteiger partial charge in [-0.3, -0.25) is 19.7 Å². The van der Waals surface area contributed by atoms with Crippen LogP contribution in [0.2, 0.25) is 0 Å². The number of allylic oxidation sites excluding steroid dienone is 2. The minimum Gasteiger partial charge on any atom is -0.490 e. The highest BCUT2D eigenvalue weighted by Gasteiger charge is 2.28. The Morgan fingerprint density at radius 2 is 1.87 bits per heavy atom. The van der Waals surface area contributed by atoms with Gasteiger partial charge in [-0.05, 0) is 73.7 Å². The number of rotatable bonds is 5. The molecule has 0 spiro atoms. The average molecular weight is 519 g/mol. The van der Waals surface area contributed by atoms with Crippen molar-refractivity contribution in [2.75, 3.05) is 30.8 Å². The molecule has 2 atom stereocenters. The van der Waals surface area contributed by atoms with E-state index in [-0.39, 0.29) is 41.9 Å². The highest BCUT2D eigenvalue weighted by molar-refractivity contribution is 6.09. The Morgan fingerprint density at radius 3 is 2.58 bits per heavy atom. The molecule has 10 heteroatoms. The predicted molar refractivity (Wildman–Crippen MR) is 143 cm³/mol. The first-order valence-corrected chi connectivity index (χ1v) is 12.6. The van der Waals surface area contributed by atoms with E-state index in [0.717, 1.165) is 16.7 Å². The molecule has 2 heterocycles. The molecule has 10 nitrogen and oxygen atoms in total. The summed E-state index contributed by atoms with van der Waals surface area (Å²) < 4.78 is 11.0. The molecule has 2 amide bonds. The van der Waals surface area contributed by atoms with Crippen LogP contribution >= 0.6 is 0 Å². The summed E-state index contributed by atoms with van der Waals surface area (Å²) in [6, 6.07) is 10.4. The number of carbonyl (C=O) groups excluding carboxylic acids is 2. The zero-order valence-corrected chi connectivity index (χ0v) is 21.6. The molecular weight excluding hydrogens is 488 g/mol. The van der Waals surface area contributed by atoms with E-state index in [2.05, 4.69) is 10.6 Å². The summed E-state index contributed by atoms with van der Waals surface area (Å²) in [4.78, 5) is 38.6. The number of anilines is 2. The fourth-order valence-corrected chi connectivity index (χ4v) is 5.26. The maximum atomic E-state index is 13.0. The quantitative estimate of drug-likeness (QED) is 0.447. The van der Waals surface area contributed by atoms with E-state index in [0.29, 0.717) is 48.6 Å². The molecular formula is C28H30N4O6. The molecule has 2 aromatic carbocycles. The fourth-order valence-electron chi connectivity index (χ4n) is 5.26. The number of hydrogen-bond donors (Lipinski definition) is 2. The van der Waals surface area contributed by atoms with Crippen LogP contribution in [0.15, 0.2) is 53.7 Å². The van der Waals surface area contributed by atoms with Crippen LogP contribution in [0.5, 0.6) is 5.75 Å². The first-order valence-electron chi connectivity index (χ1n) is 12.6. The van der Waals surface area contributed by atoms with Crippen molar-refractivity contribution in [2.24, 2.45) is 0 Å². The second kappa shape index (κ2) is 10.3. The maximum Gasteiger partial charge on any atom is 0.310 e. The summed E-state index contributed by atoms with van der Waals surface area (Å²) in [6.07, 6.45) is 3.26. The SMILES string of the molecule is COc1cc(C2=CC3=C(CC2)C(=O)Nc2ccc(CC(=O)N4CC(C)OC(C)C4)cc2N3)ccc1[N+](=O)[O-]. The van der Waals surface area contributed by atoms with E-state index in [4.69, 9.17) is 9.47 Å². The van der Waals surface area contributed by atoms with Crippen LogP contribution in [-0.4, -0.2) is 54.0 Å². The molecule has 0 bridgehead atoms. The van der Waals surface area contributed by atoms with Gasteiger partial charge in [-0.1, -0.05) is 6.07 Å². The van der Waals surface area contributed by atoms with Crippen molar-refractivity contribution in [3.05, 3.63) is 75.0 Å². The van der Waals surface area contributed by atoms with E-state index in [1.807, 2.05) is 43.0 Å². The number of carbonyl (C=O) groups is 2. The van der Waals surface area contributed by atoms with Gasteiger partial charge in [0.15, 0.2) is 5.75 Å². The molecule has 0 saturated carbocycles. The molecule has 0 radical (unpaired) electrons. The van der Waals surface area contributed by atoms with Crippen molar-refractivity contribution in [2.45, 2.75) is 45.3 Å². The van der Waals surface area contributed by atoms with Gasteiger partial charge in [0, 0.05) is 30.4 Å². The zero-order chi connectivity index (χ0) is 27.0. The molecule has 2 aliphatic heterocycles. The Bertz CT molecular complexity index is 1370. The van der Waals surface area contributed by atoms with Crippen LogP contribution in [0, 0.1) is 10.1 Å². The third-order valence-corrected chi connectivity index (χ3v) is 7.04. The van der Waals surface area contributed by atoms with Crippen molar-refractivity contribution in [1.29, 1.82) is 0 Å². The van der Waals surface area contributed by atoms with Gasteiger partial charge in [0.25, 0.3) is 5.91 Å². The molecule has 1 fully saturated rings. The van der Waals surface area contributed by atoms with Crippen molar-refractivity contribution >= 4 is 34.4 Å². The summed E-state index contributed by atoms with van der Waals surface area (Å²) >= 11 is 0. The molecule has 2 aromatic rings. The number of fused-ring (bicyclic) bond motifs is 1. The van der Waals surface area contributed by atoms with Crippen molar-refractivity contribution in [3.8, 4) is 5.75 Å². The predicted octanol–water partition coefficient (Wildman–Crippen LogP) is 4.28. The van der Waals surface area contributed by atoms with Gasteiger partial charge in [0.1, 0.15) is 0 Å². The number of ether oxygens (including phenoxy) is 2. The third kappa shape index (κ3) is 5.12. The topological polar surface area (TPSA) is 123 Å². The van der Waals surface area contributed by atoms with Crippen LogP contribution in [0.4, 0.5) is 17.1 Å². The lowest BCUT2D eigenvalue weighted by atomic mass is 9.90. The van der Waals surface area contributed by atoms with Gasteiger partial charge >= 0.3 is 5.69 Å². The largest absolute Gasteiger partial charge is 0.490 e. The van der Waals surface area contributed by atoms with Gasteiger partial charge in [0.2, 0.25) is 5.91 Å². The molecule has 38 heavy (non-hydrogen) atoms. The summed E-state index contributed by atoms with van der Waals surface area (Å²) in [5.74, 6) is 0.0443. The number of nitro benzene ring substituents is 1. The van der Waals surface area contributed by atoms with E-state index in [9.17, 15) is 19.7 Å². The number of nitrogens with one attached hydrogen (secondary N) is 2. The van der Waals surface area contributed by atoms with Crippen LogP contribution < -0.4 is 15.4 Å². The Balaban J connectivity index is 1.40. The molecule has 1 saturated heterocycles. The molecule has 0 aromatic heterocycles. The lowest BCUT2D eigenvalue weighted by Crippen LogP contribution is -2.48. The minimum absolute atomic E-state index is 0.0000122. The third-order valence-electron chi connectivity index (χ3n) is 7.04. The lowest BCUT2D eigenvalue weighted by Gasteiger charge is -2.35. The number of methoxy groups -OCH3 is 1. The number of hydrogen-bond acceptors (Lipinski definition) is 7. The smallest absolute Gasteiger partial charge is 0.310 e. The second-order valence-electron chi connectivity index (χ2n) is 9.90. The minimum atomic E-state index is -0.477. The van der Waals surface area contributed by atoms with Crippen LogP contribution in [0.3, 0.4) is 0 Å². The summed E-state index contributed by atoms with van der Waals surface area (Å²) in [7, 11) is 1.40. The normalized spacial score (nSPS) is 20.9. The summed E-state index contributed by atoms with van der Waals surface area (Å²) in [5, 5.41) is 17.6. The van der Waals surface area contributed by atoms with Gasteiger partial charge < -0.3 is 25.0 Å². The number of amides is 2. The molecule has 2 unspecified atom stereocenters. The highest BCUT2D eigenvalue weighted by Crippen LogP contribution is 2.38. The number of morpholine rings is 1. The molecule has 3 aliphatic rings. The zero-order valence-electron chi connectivity index (χ0n) is 21.6. The Labute approximate surface area is 220 Å². The fraction of sp³-hybridized carbons (Fsp3) is 0.357. The highest BCUT2D eigenvalue weighted by atomic mass is 16.6.